The van der Waals surface area contributed by atoms with E-state index in [0.29, 0.717) is 0 Å². The minimum absolute atomic E-state index is 0.0176. The van der Waals surface area contributed by atoms with Gasteiger partial charge in [0.25, 0.3) is 0 Å². The fourth-order valence-electron chi connectivity index (χ4n) is 1.48. The molecule has 1 aromatic carbocycles. The predicted molar refractivity (Wildman–Crippen MR) is 71.7 cm³/mol. The van der Waals surface area contributed by atoms with Crippen LogP contribution in [0.25, 0.3) is 0 Å². The Bertz CT molecular complexity index is 355. The second-order valence-electron chi connectivity index (χ2n) is 4.14. The van der Waals surface area contributed by atoms with Crippen molar-refractivity contribution in [2.75, 3.05) is 18.6 Å². The van der Waals surface area contributed by atoms with Crippen LogP contribution in [0.15, 0.2) is 22.7 Å². The van der Waals surface area contributed by atoms with Gasteiger partial charge in [0.15, 0.2) is 0 Å². The minimum atomic E-state index is 0.0176. The van der Waals surface area contributed by atoms with Gasteiger partial charge in [-0.05, 0) is 31.5 Å². The highest BCUT2D eigenvalue weighted by Crippen LogP contribution is 2.27. The van der Waals surface area contributed by atoms with Crippen molar-refractivity contribution in [2.24, 2.45) is 5.73 Å². The third-order valence-corrected chi connectivity index (χ3v) is 3.49. The molecule has 0 saturated heterocycles. The number of anilines is 1. The summed E-state index contributed by atoms with van der Waals surface area (Å²) >= 11 is 3.52. The van der Waals surface area contributed by atoms with E-state index in [1.165, 1.54) is 0 Å². The number of likely N-dealkylation sites (N-methyl/N-ethyl adjacent to an activating group) is 1. The molecule has 4 heteroatoms. The van der Waals surface area contributed by atoms with E-state index in [2.05, 4.69) is 15.9 Å². The number of hydrogen-bond donors (Lipinski definition) is 2. The van der Waals surface area contributed by atoms with Crippen LogP contribution in [-0.2, 0) is 0 Å². The lowest BCUT2D eigenvalue weighted by molar-refractivity contribution is 0.270. The van der Waals surface area contributed by atoms with Crippen LogP contribution >= 0.6 is 15.9 Å². The largest absolute Gasteiger partial charge is 0.394 e. The topological polar surface area (TPSA) is 49.5 Å². The molecule has 1 aromatic rings. The number of aliphatic hydroxyl groups excluding tert-OH is 1. The van der Waals surface area contributed by atoms with Gasteiger partial charge in [0.05, 0.1) is 6.61 Å². The lowest BCUT2D eigenvalue weighted by Crippen LogP contribution is -2.31. The monoisotopic (exact) mass is 286 g/mol. The maximum absolute atomic E-state index is 9.11. The van der Waals surface area contributed by atoms with Crippen LogP contribution in [-0.4, -0.2) is 24.8 Å². The van der Waals surface area contributed by atoms with Gasteiger partial charge in [0.2, 0.25) is 0 Å². The summed E-state index contributed by atoms with van der Waals surface area (Å²) < 4.78 is 1.01. The maximum Gasteiger partial charge on any atom is 0.0632 e. The van der Waals surface area contributed by atoms with Crippen molar-refractivity contribution in [1.29, 1.82) is 0 Å². The zero-order valence-electron chi connectivity index (χ0n) is 9.94. The maximum atomic E-state index is 9.11. The zero-order chi connectivity index (χ0) is 12.3. The molecule has 0 heterocycles. The third kappa shape index (κ3) is 2.97. The number of benzene rings is 1. The van der Waals surface area contributed by atoms with Crippen LogP contribution in [0.5, 0.6) is 0 Å². The normalized spacial score (nSPS) is 14.6. The Balaban J connectivity index is 2.97. The Hall–Kier alpha value is -0.580. The average molecular weight is 287 g/mol. The highest BCUT2D eigenvalue weighted by molar-refractivity contribution is 9.10. The van der Waals surface area contributed by atoms with Crippen LogP contribution in [0.4, 0.5) is 5.69 Å². The van der Waals surface area contributed by atoms with Crippen molar-refractivity contribution in [3.8, 4) is 0 Å². The van der Waals surface area contributed by atoms with Gasteiger partial charge in [-0.2, -0.15) is 0 Å². The number of nitrogens with two attached hydrogens (primary N) is 1. The first-order valence-corrected chi connectivity index (χ1v) is 6.15. The van der Waals surface area contributed by atoms with Crippen molar-refractivity contribution < 1.29 is 5.11 Å². The molecule has 0 aliphatic heterocycles. The lowest BCUT2D eigenvalue weighted by atomic mass is 10.1. The minimum Gasteiger partial charge on any atom is -0.394 e. The molecule has 0 spiro atoms. The van der Waals surface area contributed by atoms with E-state index in [9.17, 15) is 0 Å². The van der Waals surface area contributed by atoms with Gasteiger partial charge in [0, 0.05) is 29.3 Å². The standard InChI is InChI=1S/C12H19BrN2O/c1-8(7-16)15(3)10-4-5-11(9(2)14)12(13)6-10/h4-6,8-9,16H,7,14H2,1-3H3/t8?,9-/m0/s1. The average Bonchev–Trinajstić information content (AvgIpc) is 2.26. The molecule has 1 unspecified atom stereocenters. The predicted octanol–water partition coefficient (Wildman–Crippen LogP) is 2.29. The number of rotatable bonds is 4. The molecule has 0 aliphatic rings. The highest BCUT2D eigenvalue weighted by atomic mass is 79.9. The Labute approximate surface area is 105 Å². The van der Waals surface area contributed by atoms with Gasteiger partial charge in [-0.25, -0.2) is 0 Å². The third-order valence-electron chi connectivity index (χ3n) is 2.81. The summed E-state index contributed by atoms with van der Waals surface area (Å²) in [6.45, 7) is 4.08. The van der Waals surface area contributed by atoms with Crippen LogP contribution < -0.4 is 10.6 Å². The van der Waals surface area contributed by atoms with Gasteiger partial charge in [-0.1, -0.05) is 22.0 Å². The van der Waals surface area contributed by atoms with E-state index in [0.717, 1.165) is 15.7 Å². The van der Waals surface area contributed by atoms with Crippen LogP contribution in [0.1, 0.15) is 25.5 Å². The van der Waals surface area contributed by atoms with E-state index in [1.54, 1.807) is 0 Å². The smallest absolute Gasteiger partial charge is 0.0632 e. The Kier molecular flexibility index (Phi) is 4.77. The molecule has 3 N–H and O–H groups in total. The zero-order valence-corrected chi connectivity index (χ0v) is 11.5. The molecule has 0 amide bonds. The van der Waals surface area contributed by atoms with Crippen LogP contribution in [0.2, 0.25) is 0 Å². The molecule has 0 bridgehead atoms. The quantitative estimate of drug-likeness (QED) is 0.893. The van der Waals surface area contributed by atoms with Crippen molar-refractivity contribution in [2.45, 2.75) is 25.9 Å². The molecule has 90 valence electrons. The molecule has 0 saturated carbocycles. The SMILES string of the molecule is CC(CO)N(C)c1ccc([C@H](C)N)c(Br)c1. The summed E-state index contributed by atoms with van der Waals surface area (Å²) in [4.78, 5) is 2.04. The van der Waals surface area contributed by atoms with Gasteiger partial charge in [-0.3, -0.25) is 0 Å². The first-order chi connectivity index (χ1) is 7.47. The molecule has 1 rings (SSSR count). The van der Waals surface area contributed by atoms with E-state index >= 15 is 0 Å². The van der Waals surface area contributed by atoms with Gasteiger partial charge < -0.3 is 15.7 Å². The first kappa shape index (κ1) is 13.5. The number of aliphatic hydroxyl groups is 1. The molecule has 0 fully saturated rings. The molecule has 0 aliphatic carbocycles. The van der Waals surface area contributed by atoms with Gasteiger partial charge in [0.1, 0.15) is 0 Å². The first-order valence-electron chi connectivity index (χ1n) is 5.36. The van der Waals surface area contributed by atoms with Crippen molar-refractivity contribution in [1.82, 2.24) is 0 Å². The second-order valence-corrected chi connectivity index (χ2v) is 4.99. The number of hydrogen-bond acceptors (Lipinski definition) is 3. The molecule has 0 aromatic heterocycles. The van der Waals surface area contributed by atoms with E-state index in [4.69, 9.17) is 10.8 Å². The van der Waals surface area contributed by atoms with Gasteiger partial charge in [-0.15, -0.1) is 0 Å². The van der Waals surface area contributed by atoms with Crippen molar-refractivity contribution in [3.63, 3.8) is 0 Å². The lowest BCUT2D eigenvalue weighted by Gasteiger charge is -2.26. The van der Waals surface area contributed by atoms with E-state index in [-0.39, 0.29) is 18.7 Å². The summed E-state index contributed by atoms with van der Waals surface area (Å²) in [5.41, 5.74) is 8.00. The molecule has 3 nitrogen and oxygen atoms in total. The number of halogens is 1. The summed E-state index contributed by atoms with van der Waals surface area (Å²) in [6.07, 6.45) is 0. The summed E-state index contributed by atoms with van der Waals surface area (Å²) in [5.74, 6) is 0. The highest BCUT2D eigenvalue weighted by Gasteiger charge is 2.11. The Morgan fingerprint density at radius 1 is 1.44 bits per heavy atom. The Morgan fingerprint density at radius 3 is 2.50 bits per heavy atom. The van der Waals surface area contributed by atoms with Crippen LogP contribution in [0, 0.1) is 0 Å². The molecule has 0 radical (unpaired) electrons. The van der Waals surface area contributed by atoms with Crippen molar-refractivity contribution >= 4 is 21.6 Å². The fourth-order valence-corrected chi connectivity index (χ4v) is 2.21. The molecular weight excluding hydrogens is 268 g/mol. The van der Waals surface area contributed by atoms with E-state index in [1.807, 2.05) is 44.0 Å². The second kappa shape index (κ2) is 5.66. The summed E-state index contributed by atoms with van der Waals surface area (Å²) in [5, 5.41) is 9.11. The molecule has 16 heavy (non-hydrogen) atoms. The number of nitrogens with zero attached hydrogens (tertiary/aromatic N) is 1. The Morgan fingerprint density at radius 2 is 2.06 bits per heavy atom. The van der Waals surface area contributed by atoms with Gasteiger partial charge >= 0.3 is 0 Å². The summed E-state index contributed by atoms with van der Waals surface area (Å²) in [7, 11) is 1.97. The van der Waals surface area contributed by atoms with Crippen LogP contribution in [0.3, 0.4) is 0 Å². The van der Waals surface area contributed by atoms with Crippen molar-refractivity contribution in [3.05, 3.63) is 28.2 Å². The van der Waals surface area contributed by atoms with E-state index < -0.39 is 0 Å². The molecular formula is C12H19BrN2O. The fraction of sp³-hybridized carbons (Fsp3) is 0.500. The summed E-state index contributed by atoms with van der Waals surface area (Å²) in [6, 6.07) is 6.20. The molecule has 2 atom stereocenters.